The molecule has 0 aromatic carbocycles. The molecule has 1 aromatic heterocycles. The molecule has 0 bridgehead atoms. The van der Waals surface area contributed by atoms with Crippen molar-refractivity contribution in [1.29, 1.82) is 0 Å². The van der Waals surface area contributed by atoms with Crippen LogP contribution in [0, 0.1) is 0 Å². The molecule has 0 saturated heterocycles. The fraction of sp³-hybridized carbons (Fsp3) is 0.353. The Hall–Kier alpha value is -0.930. The summed E-state index contributed by atoms with van der Waals surface area (Å²) in [7, 11) is 0. The zero-order valence-corrected chi connectivity index (χ0v) is 14.3. The van der Waals surface area contributed by atoms with Gasteiger partial charge in [-0.25, -0.2) is 4.98 Å². The van der Waals surface area contributed by atoms with Gasteiger partial charge in [0.25, 0.3) is 0 Å². The molecule has 2 aliphatic rings. The van der Waals surface area contributed by atoms with Gasteiger partial charge in [0.2, 0.25) is 0 Å². The summed E-state index contributed by atoms with van der Waals surface area (Å²) >= 11 is 5.42. The Bertz CT molecular complexity index is 707. The number of nitrogens with zero attached hydrogens (tertiary/aromatic N) is 1. The maximum Gasteiger partial charge on any atom is 0.124 e. The molecule has 0 unspecified atom stereocenters. The topological polar surface area (TPSA) is 12.9 Å². The van der Waals surface area contributed by atoms with Gasteiger partial charge in [-0.05, 0) is 49.6 Å². The van der Waals surface area contributed by atoms with Crippen molar-refractivity contribution in [2.24, 2.45) is 0 Å². The van der Waals surface area contributed by atoms with E-state index in [4.69, 9.17) is 4.98 Å². The summed E-state index contributed by atoms with van der Waals surface area (Å²) in [6, 6.07) is 0. The molecule has 1 aromatic rings. The van der Waals surface area contributed by atoms with Crippen LogP contribution in [0.4, 0.5) is 0 Å². The smallest absolute Gasteiger partial charge is 0.124 e. The van der Waals surface area contributed by atoms with Crippen molar-refractivity contribution in [3.8, 4) is 0 Å². The van der Waals surface area contributed by atoms with E-state index < -0.39 is 0 Å². The second-order valence-corrected chi connectivity index (χ2v) is 7.43. The van der Waals surface area contributed by atoms with Crippen molar-refractivity contribution in [3.63, 3.8) is 0 Å². The van der Waals surface area contributed by atoms with Gasteiger partial charge < -0.3 is 0 Å². The van der Waals surface area contributed by atoms with Crippen LogP contribution < -0.4 is 9.88 Å². The lowest BCUT2D eigenvalue weighted by Gasteiger charge is -2.05. The predicted octanol–water partition coefficient (Wildman–Crippen LogP) is 4.29. The van der Waals surface area contributed by atoms with Crippen molar-refractivity contribution in [2.75, 3.05) is 0 Å². The van der Waals surface area contributed by atoms with Crippen molar-refractivity contribution >= 4 is 44.0 Å². The van der Waals surface area contributed by atoms with E-state index in [1.807, 2.05) is 11.3 Å². The third-order valence-corrected chi connectivity index (χ3v) is 5.74. The molecule has 0 amide bonds. The average Bonchev–Trinajstić information content (AvgIpc) is 2.84. The van der Waals surface area contributed by atoms with Gasteiger partial charge >= 0.3 is 0 Å². The quantitative estimate of drug-likeness (QED) is 0.738. The molecule has 0 fully saturated rings. The van der Waals surface area contributed by atoms with Gasteiger partial charge in [0.15, 0.2) is 0 Å². The molecular weight excluding hydrogens is 330 g/mol. The number of thiazole rings is 1. The van der Waals surface area contributed by atoms with Gasteiger partial charge in [0.1, 0.15) is 5.01 Å². The Kier molecular flexibility index (Phi) is 4.08. The largest absolute Gasteiger partial charge is 0.236 e. The van der Waals surface area contributed by atoms with Crippen LogP contribution in [0.1, 0.15) is 44.5 Å². The number of hydrogen-bond donors (Lipinski definition) is 0. The third-order valence-electron chi connectivity index (χ3n) is 3.83. The van der Waals surface area contributed by atoms with E-state index in [-0.39, 0.29) is 0 Å². The van der Waals surface area contributed by atoms with Gasteiger partial charge in [0, 0.05) is 5.57 Å². The molecule has 0 N–H and O–H groups in total. The SMILES string of the molecule is CC1=c2nc(C3=C/CC=C(Br)C/C=C\3)sc2=C(C)CC1. The van der Waals surface area contributed by atoms with Gasteiger partial charge in [0.05, 0.1) is 9.88 Å². The molecule has 20 heavy (non-hydrogen) atoms. The van der Waals surface area contributed by atoms with Gasteiger partial charge in [-0.3, -0.25) is 0 Å². The molecule has 2 aliphatic carbocycles. The summed E-state index contributed by atoms with van der Waals surface area (Å²) in [5, 5.41) is 2.40. The molecule has 0 atom stereocenters. The van der Waals surface area contributed by atoms with Crippen molar-refractivity contribution < 1.29 is 0 Å². The summed E-state index contributed by atoms with van der Waals surface area (Å²) in [4.78, 5) is 4.91. The van der Waals surface area contributed by atoms with E-state index in [1.54, 1.807) is 0 Å². The van der Waals surface area contributed by atoms with E-state index >= 15 is 0 Å². The summed E-state index contributed by atoms with van der Waals surface area (Å²) in [6.07, 6.45) is 13.2. The molecule has 104 valence electrons. The Morgan fingerprint density at radius 2 is 1.95 bits per heavy atom. The molecule has 0 spiro atoms. The first-order chi connectivity index (χ1) is 9.65. The lowest BCUT2D eigenvalue weighted by atomic mass is 10.0. The lowest BCUT2D eigenvalue weighted by Crippen LogP contribution is -2.28. The first kappa shape index (κ1) is 14.0. The van der Waals surface area contributed by atoms with E-state index in [0.29, 0.717) is 0 Å². The maximum atomic E-state index is 4.91. The number of hydrogen-bond acceptors (Lipinski definition) is 2. The van der Waals surface area contributed by atoms with Crippen LogP contribution >= 0.6 is 27.3 Å². The summed E-state index contributed by atoms with van der Waals surface area (Å²) < 4.78 is 2.66. The monoisotopic (exact) mass is 347 g/mol. The Labute approximate surface area is 132 Å². The molecule has 3 rings (SSSR count). The normalized spacial score (nSPS) is 23.4. The minimum atomic E-state index is 0.968. The first-order valence-corrected chi connectivity index (χ1v) is 8.64. The number of aromatic nitrogens is 1. The first-order valence-electron chi connectivity index (χ1n) is 7.03. The minimum absolute atomic E-state index is 0.968. The fourth-order valence-corrected chi connectivity index (χ4v) is 4.12. The molecule has 0 aliphatic heterocycles. The van der Waals surface area contributed by atoms with Crippen molar-refractivity contribution in [1.82, 2.24) is 4.98 Å². The number of fused-ring (bicyclic) bond motifs is 1. The number of rotatable bonds is 1. The second kappa shape index (κ2) is 5.82. The average molecular weight is 348 g/mol. The number of halogens is 1. The van der Waals surface area contributed by atoms with Crippen molar-refractivity contribution in [3.05, 3.63) is 43.7 Å². The van der Waals surface area contributed by atoms with E-state index in [9.17, 15) is 0 Å². The lowest BCUT2D eigenvalue weighted by molar-refractivity contribution is 1.01. The van der Waals surface area contributed by atoms with Crippen LogP contribution in [0.2, 0.25) is 0 Å². The molecule has 3 heteroatoms. The van der Waals surface area contributed by atoms with Crippen LogP contribution in [-0.2, 0) is 0 Å². The Balaban J connectivity index is 2.10. The van der Waals surface area contributed by atoms with E-state index in [1.165, 1.54) is 42.5 Å². The molecule has 1 nitrogen and oxygen atoms in total. The zero-order valence-electron chi connectivity index (χ0n) is 11.9. The van der Waals surface area contributed by atoms with Gasteiger partial charge in [-0.15, -0.1) is 11.3 Å². The van der Waals surface area contributed by atoms with Crippen molar-refractivity contribution in [2.45, 2.75) is 39.5 Å². The molecule has 0 radical (unpaired) electrons. The molecular formula is C17H18BrNS. The summed E-state index contributed by atoms with van der Waals surface area (Å²) in [5.41, 5.74) is 4.19. The minimum Gasteiger partial charge on any atom is -0.236 e. The van der Waals surface area contributed by atoms with Crippen LogP contribution in [0.5, 0.6) is 0 Å². The summed E-state index contributed by atoms with van der Waals surface area (Å²) in [5.74, 6) is 0. The van der Waals surface area contributed by atoms with E-state index in [2.05, 4.69) is 54.1 Å². The standard InChI is InChI=1S/C17H18BrNS/c1-11-9-10-12(2)16-15(11)19-17(20-16)13-5-3-7-14(18)8-4-6-13/h3,5-6,8H,4,7,9-10H2,1-2H3/b5-3-,13-6+,14-8?. The molecule has 1 heterocycles. The van der Waals surface area contributed by atoms with E-state index in [0.717, 1.165) is 19.3 Å². The summed E-state index contributed by atoms with van der Waals surface area (Å²) in [6.45, 7) is 4.46. The Morgan fingerprint density at radius 1 is 1.15 bits per heavy atom. The zero-order chi connectivity index (χ0) is 14.1. The predicted molar refractivity (Wildman–Crippen MR) is 92.1 cm³/mol. The van der Waals surface area contributed by atoms with Crippen LogP contribution in [0.25, 0.3) is 16.7 Å². The highest BCUT2D eigenvalue weighted by Crippen LogP contribution is 2.23. The fourth-order valence-electron chi connectivity index (χ4n) is 2.55. The molecule has 0 saturated carbocycles. The third kappa shape index (κ3) is 2.75. The number of allylic oxidation sites excluding steroid dienone is 6. The highest BCUT2D eigenvalue weighted by Gasteiger charge is 2.12. The van der Waals surface area contributed by atoms with Crippen LogP contribution in [0.15, 0.2) is 28.8 Å². The highest BCUT2D eigenvalue weighted by molar-refractivity contribution is 9.11. The van der Waals surface area contributed by atoms with Crippen LogP contribution in [-0.4, -0.2) is 4.98 Å². The van der Waals surface area contributed by atoms with Gasteiger partial charge in [-0.2, -0.15) is 0 Å². The highest BCUT2D eigenvalue weighted by atomic mass is 79.9. The van der Waals surface area contributed by atoms with Gasteiger partial charge in [-0.1, -0.05) is 45.8 Å². The Morgan fingerprint density at radius 3 is 2.75 bits per heavy atom. The second-order valence-electron chi connectivity index (χ2n) is 5.41. The van der Waals surface area contributed by atoms with Crippen LogP contribution in [0.3, 0.4) is 0 Å². The maximum absolute atomic E-state index is 4.91.